The lowest BCUT2D eigenvalue weighted by Crippen LogP contribution is -1.91. The molecule has 0 aliphatic carbocycles. The zero-order chi connectivity index (χ0) is 25.1. The van der Waals surface area contributed by atoms with Gasteiger partial charge in [0.1, 0.15) is 0 Å². The molecule has 3 aromatic rings. The average Bonchev–Trinajstić information content (AvgIpc) is 2.91. The van der Waals surface area contributed by atoms with Crippen molar-refractivity contribution in [1.29, 1.82) is 0 Å². The number of unbranched alkanes of at least 4 members (excludes halogenated alkanes) is 19. The van der Waals surface area contributed by atoms with Gasteiger partial charge in [0.2, 0.25) is 0 Å². The fourth-order valence-corrected chi connectivity index (χ4v) is 5.70. The van der Waals surface area contributed by atoms with Crippen LogP contribution in [-0.4, -0.2) is 0 Å². The van der Waals surface area contributed by atoms with Crippen LogP contribution in [0.1, 0.15) is 141 Å². The number of fused-ring (bicyclic) bond motifs is 2. The van der Waals surface area contributed by atoms with E-state index in [2.05, 4.69) is 55.5 Å². The maximum absolute atomic E-state index is 6.13. The summed E-state index contributed by atoms with van der Waals surface area (Å²) in [5.74, 6) is 0. The third kappa shape index (κ3) is 10.6. The van der Waals surface area contributed by atoms with Gasteiger partial charge in [0.25, 0.3) is 0 Å². The smallest absolute Gasteiger partial charge is 0.207 e. The van der Waals surface area contributed by atoms with Crippen LogP contribution in [0.2, 0.25) is 0 Å². The highest BCUT2D eigenvalue weighted by Crippen LogP contribution is 2.30. The molecule has 0 aliphatic heterocycles. The van der Waals surface area contributed by atoms with Crippen LogP contribution in [0.3, 0.4) is 0 Å². The highest BCUT2D eigenvalue weighted by molar-refractivity contribution is 5.94. The Kier molecular flexibility index (Phi) is 14.6. The molecular formula is C35H53O+. The molecule has 1 heterocycles. The number of benzene rings is 2. The minimum Gasteiger partial charge on any atom is -0.207 e. The fourth-order valence-electron chi connectivity index (χ4n) is 5.70. The second-order valence-corrected chi connectivity index (χ2v) is 11.0. The summed E-state index contributed by atoms with van der Waals surface area (Å²) in [4.78, 5) is 0. The minimum absolute atomic E-state index is 1.01. The van der Waals surface area contributed by atoms with Gasteiger partial charge in [-0.2, -0.15) is 0 Å². The van der Waals surface area contributed by atoms with E-state index in [-0.39, 0.29) is 0 Å². The number of rotatable bonds is 21. The molecule has 1 heteroatoms. The summed E-state index contributed by atoms with van der Waals surface area (Å²) in [7, 11) is 0. The molecule has 0 N–H and O–H groups in total. The maximum Gasteiger partial charge on any atom is 0.361 e. The van der Waals surface area contributed by atoms with Crippen molar-refractivity contribution in [3.05, 3.63) is 54.1 Å². The molecule has 1 nitrogen and oxygen atoms in total. The summed E-state index contributed by atoms with van der Waals surface area (Å²) in [6.07, 6.45) is 29.8. The van der Waals surface area contributed by atoms with Gasteiger partial charge < -0.3 is 0 Å². The summed E-state index contributed by atoms with van der Waals surface area (Å²) in [6.45, 7) is 2.30. The van der Waals surface area contributed by atoms with Crippen LogP contribution in [0, 0.1) is 0 Å². The Balaban J connectivity index is 1.15. The SMILES string of the molecule is CCCCCCCCCCCCCCCCCCCCCCc1c2ccccc2[o+]c2ccccc12. The molecule has 1 aromatic heterocycles. The van der Waals surface area contributed by atoms with E-state index < -0.39 is 0 Å². The van der Waals surface area contributed by atoms with Gasteiger partial charge in [-0.3, -0.25) is 0 Å². The van der Waals surface area contributed by atoms with Crippen LogP contribution in [-0.2, 0) is 6.42 Å². The predicted octanol–water partition coefficient (Wildman–Crippen LogP) is 12.2. The van der Waals surface area contributed by atoms with Crippen LogP contribution >= 0.6 is 0 Å². The Labute approximate surface area is 222 Å². The Bertz CT molecular complexity index is 905. The summed E-state index contributed by atoms with van der Waals surface area (Å²) >= 11 is 0. The predicted molar refractivity (Wildman–Crippen MR) is 160 cm³/mol. The third-order valence-corrected chi connectivity index (χ3v) is 7.92. The van der Waals surface area contributed by atoms with E-state index in [1.165, 1.54) is 145 Å². The van der Waals surface area contributed by atoms with Gasteiger partial charge in [0, 0.05) is 12.1 Å². The van der Waals surface area contributed by atoms with Crippen molar-refractivity contribution in [3.63, 3.8) is 0 Å². The molecule has 0 aliphatic rings. The summed E-state index contributed by atoms with van der Waals surface area (Å²) in [5.41, 5.74) is 3.49. The van der Waals surface area contributed by atoms with Crippen LogP contribution in [0.15, 0.2) is 52.9 Å². The van der Waals surface area contributed by atoms with Crippen molar-refractivity contribution < 1.29 is 4.42 Å². The molecule has 0 atom stereocenters. The number of hydrogen-bond acceptors (Lipinski definition) is 0. The fraction of sp³-hybridized carbons (Fsp3) is 0.629. The lowest BCUT2D eigenvalue weighted by Gasteiger charge is -2.06. The Morgan fingerprint density at radius 1 is 0.417 bits per heavy atom. The van der Waals surface area contributed by atoms with Gasteiger partial charge in [-0.1, -0.05) is 153 Å². The molecule has 2 aromatic carbocycles. The molecule has 0 unspecified atom stereocenters. The molecule has 198 valence electrons. The van der Waals surface area contributed by atoms with Crippen molar-refractivity contribution in [1.82, 2.24) is 0 Å². The van der Waals surface area contributed by atoms with Gasteiger partial charge >= 0.3 is 11.2 Å². The average molecular weight is 490 g/mol. The van der Waals surface area contributed by atoms with Gasteiger partial charge in [-0.15, -0.1) is 0 Å². The van der Waals surface area contributed by atoms with Crippen LogP contribution in [0.4, 0.5) is 0 Å². The van der Waals surface area contributed by atoms with Gasteiger partial charge in [0.15, 0.2) is 0 Å². The van der Waals surface area contributed by atoms with Crippen molar-refractivity contribution in [2.75, 3.05) is 0 Å². The van der Waals surface area contributed by atoms with Gasteiger partial charge in [0.05, 0.1) is 10.8 Å². The third-order valence-electron chi connectivity index (χ3n) is 7.92. The monoisotopic (exact) mass is 489 g/mol. The molecule has 0 amide bonds. The summed E-state index contributed by atoms with van der Waals surface area (Å²) in [6, 6.07) is 17.0. The van der Waals surface area contributed by atoms with Gasteiger partial charge in [-0.05, 0) is 30.5 Å². The molecule has 0 radical (unpaired) electrons. The Morgan fingerprint density at radius 3 is 1.14 bits per heavy atom. The van der Waals surface area contributed by atoms with Crippen molar-refractivity contribution >= 4 is 21.9 Å². The largest absolute Gasteiger partial charge is 0.361 e. The summed E-state index contributed by atoms with van der Waals surface area (Å²) in [5, 5.41) is 2.57. The normalized spacial score (nSPS) is 11.6. The van der Waals surface area contributed by atoms with Crippen molar-refractivity contribution in [3.8, 4) is 0 Å². The van der Waals surface area contributed by atoms with E-state index >= 15 is 0 Å². The number of hydrogen-bond donors (Lipinski definition) is 0. The highest BCUT2D eigenvalue weighted by Gasteiger charge is 2.17. The molecule has 0 spiro atoms. The Hall–Kier alpha value is -1.89. The highest BCUT2D eigenvalue weighted by atomic mass is 16.3. The lowest BCUT2D eigenvalue weighted by atomic mass is 9.98. The first-order chi connectivity index (χ1) is 17.9. The zero-order valence-corrected chi connectivity index (χ0v) is 23.4. The molecule has 36 heavy (non-hydrogen) atoms. The van der Waals surface area contributed by atoms with Crippen molar-refractivity contribution in [2.24, 2.45) is 0 Å². The van der Waals surface area contributed by atoms with Crippen molar-refractivity contribution in [2.45, 2.75) is 142 Å². The first-order valence-corrected chi connectivity index (χ1v) is 15.6. The van der Waals surface area contributed by atoms with Gasteiger partial charge in [-0.25, -0.2) is 4.42 Å². The van der Waals surface area contributed by atoms with Crippen LogP contribution in [0.5, 0.6) is 0 Å². The second kappa shape index (κ2) is 18.4. The molecular weight excluding hydrogens is 436 g/mol. The van der Waals surface area contributed by atoms with Crippen LogP contribution in [0.25, 0.3) is 21.9 Å². The van der Waals surface area contributed by atoms with E-state index in [1.807, 2.05) is 0 Å². The number of aryl methyl sites for hydroxylation is 1. The topological polar surface area (TPSA) is 11.3 Å². The zero-order valence-electron chi connectivity index (χ0n) is 23.4. The lowest BCUT2D eigenvalue weighted by molar-refractivity contribution is 0.522. The first-order valence-electron chi connectivity index (χ1n) is 15.6. The van der Waals surface area contributed by atoms with E-state index in [9.17, 15) is 0 Å². The molecule has 3 rings (SSSR count). The minimum atomic E-state index is 1.01. The van der Waals surface area contributed by atoms with E-state index in [4.69, 9.17) is 4.42 Å². The molecule has 0 fully saturated rings. The first kappa shape index (κ1) is 28.7. The van der Waals surface area contributed by atoms with E-state index in [0.29, 0.717) is 0 Å². The van der Waals surface area contributed by atoms with Crippen LogP contribution < -0.4 is 0 Å². The standard InChI is InChI=1S/C35H53O/c1-2-3-4-5-6-7-8-9-10-11-12-13-14-15-16-17-18-19-20-21-26-31-32-27-22-24-29-34(32)36-35-30-25-23-28-33(31)35/h22-25,27-30H,2-21,26H2,1H3/q+1. The molecule has 0 saturated carbocycles. The second-order valence-electron chi connectivity index (χ2n) is 11.0. The van der Waals surface area contributed by atoms with E-state index in [1.54, 1.807) is 0 Å². The Morgan fingerprint density at radius 2 is 0.750 bits per heavy atom. The van der Waals surface area contributed by atoms with E-state index in [0.717, 1.165) is 17.6 Å². The summed E-state index contributed by atoms with van der Waals surface area (Å²) < 4.78 is 6.13. The quantitative estimate of drug-likeness (QED) is 0.0822. The molecule has 0 saturated heterocycles. The maximum atomic E-state index is 6.13. The number of para-hydroxylation sites is 2. The molecule has 0 bridgehead atoms.